The Hall–Kier alpha value is -2.48. The quantitative estimate of drug-likeness (QED) is 0.678. The Labute approximate surface area is 161 Å². The van der Waals surface area contributed by atoms with E-state index in [0.29, 0.717) is 23.9 Å². The molecule has 1 aliphatic carbocycles. The van der Waals surface area contributed by atoms with E-state index in [9.17, 15) is 14.4 Å². The smallest absolute Gasteiger partial charge is 0.263 e. The van der Waals surface area contributed by atoms with Crippen molar-refractivity contribution in [2.75, 3.05) is 11.9 Å². The van der Waals surface area contributed by atoms with Crippen molar-refractivity contribution in [3.63, 3.8) is 0 Å². The molecular weight excluding hydrogens is 364 g/mol. The molecule has 0 spiro atoms. The molecule has 1 aliphatic rings. The number of pyridine rings is 1. The van der Waals surface area contributed by atoms with Crippen LogP contribution in [-0.4, -0.2) is 28.3 Å². The van der Waals surface area contributed by atoms with Gasteiger partial charge in [-0.2, -0.15) is 0 Å². The van der Waals surface area contributed by atoms with Gasteiger partial charge in [-0.05, 0) is 37.3 Å². The first-order valence-electron chi connectivity index (χ1n) is 9.32. The highest BCUT2D eigenvalue weighted by atomic mass is 32.1. The first-order chi connectivity index (χ1) is 13.1. The summed E-state index contributed by atoms with van der Waals surface area (Å²) < 4.78 is 0. The Morgan fingerprint density at radius 2 is 2.07 bits per heavy atom. The fourth-order valence-electron chi connectivity index (χ4n) is 3.22. The highest BCUT2D eigenvalue weighted by Crippen LogP contribution is 2.22. The molecule has 0 atom stereocenters. The zero-order chi connectivity index (χ0) is 19.1. The number of thiazole rings is 1. The minimum Gasteiger partial charge on any atom is -0.356 e. The summed E-state index contributed by atoms with van der Waals surface area (Å²) in [4.78, 5) is 42.6. The van der Waals surface area contributed by atoms with Crippen LogP contribution in [0.15, 0.2) is 28.5 Å². The number of nitrogens with one attached hydrogen (secondary N) is 3. The lowest BCUT2D eigenvalue weighted by molar-refractivity contribution is -0.121. The molecule has 2 aromatic rings. The highest BCUT2D eigenvalue weighted by Gasteiger charge is 2.15. The second kappa shape index (κ2) is 9.45. The topological polar surface area (TPSA) is 104 Å². The van der Waals surface area contributed by atoms with Crippen LogP contribution in [0.2, 0.25) is 0 Å². The molecule has 1 saturated carbocycles. The van der Waals surface area contributed by atoms with Gasteiger partial charge in [0.05, 0.1) is 5.69 Å². The summed E-state index contributed by atoms with van der Waals surface area (Å²) in [5.41, 5.74) is 0.350. The Kier molecular flexibility index (Phi) is 6.75. The van der Waals surface area contributed by atoms with Gasteiger partial charge in [0.2, 0.25) is 5.91 Å². The van der Waals surface area contributed by atoms with E-state index < -0.39 is 11.5 Å². The number of aryl methyl sites for hydroxylation is 1. The molecule has 27 heavy (non-hydrogen) atoms. The molecule has 8 heteroatoms. The van der Waals surface area contributed by atoms with Gasteiger partial charge in [0.25, 0.3) is 11.5 Å². The number of nitrogens with zero attached hydrogens (tertiary/aromatic N) is 1. The predicted molar refractivity (Wildman–Crippen MR) is 105 cm³/mol. The fraction of sp³-hybridized carbons (Fsp3) is 0.474. The van der Waals surface area contributed by atoms with Gasteiger partial charge in [0.1, 0.15) is 5.56 Å². The number of anilines is 1. The average Bonchev–Trinajstić information content (AvgIpc) is 3.13. The van der Waals surface area contributed by atoms with Gasteiger partial charge in [0.15, 0.2) is 5.13 Å². The predicted octanol–water partition coefficient (Wildman–Crippen LogP) is 2.71. The van der Waals surface area contributed by atoms with E-state index in [4.69, 9.17) is 0 Å². The number of carbonyl (C=O) groups excluding carboxylic acids is 2. The third-order valence-electron chi connectivity index (χ3n) is 4.76. The summed E-state index contributed by atoms with van der Waals surface area (Å²) >= 11 is 1.28. The molecule has 3 rings (SSSR count). The first kappa shape index (κ1) is 19.3. The van der Waals surface area contributed by atoms with Gasteiger partial charge in [0, 0.05) is 24.5 Å². The maximum atomic E-state index is 12.1. The van der Waals surface area contributed by atoms with Gasteiger partial charge in [-0.1, -0.05) is 19.3 Å². The number of aromatic nitrogens is 2. The molecule has 7 nitrogen and oxygen atoms in total. The molecule has 0 aromatic carbocycles. The molecule has 3 N–H and O–H groups in total. The molecule has 0 aliphatic heterocycles. The summed E-state index contributed by atoms with van der Waals surface area (Å²) in [5.74, 6) is 0.155. The van der Waals surface area contributed by atoms with E-state index in [1.54, 1.807) is 6.07 Å². The number of H-pyrrole nitrogens is 1. The average molecular weight is 388 g/mol. The molecule has 0 bridgehead atoms. The maximum absolute atomic E-state index is 12.1. The molecule has 2 amide bonds. The standard InChI is InChI=1S/C19H24N4O3S/c24-16(21-11-13-5-2-1-3-6-13)9-8-14-12-27-19(22-14)23-18(26)15-7-4-10-20-17(15)25/h4,7,10,12-13H,1-3,5-6,8-9,11H2,(H,20,25)(H,21,24)(H,22,23,26). The van der Waals surface area contributed by atoms with E-state index in [2.05, 4.69) is 20.6 Å². The lowest BCUT2D eigenvalue weighted by Gasteiger charge is -2.21. The van der Waals surface area contributed by atoms with Crippen molar-refractivity contribution >= 4 is 28.3 Å². The largest absolute Gasteiger partial charge is 0.356 e. The summed E-state index contributed by atoms with van der Waals surface area (Å²) in [6.07, 6.45) is 8.63. The van der Waals surface area contributed by atoms with Gasteiger partial charge < -0.3 is 10.3 Å². The van der Waals surface area contributed by atoms with E-state index >= 15 is 0 Å². The molecule has 144 valence electrons. The van der Waals surface area contributed by atoms with Gasteiger partial charge in [-0.25, -0.2) is 4.98 Å². The molecule has 1 fully saturated rings. The highest BCUT2D eigenvalue weighted by molar-refractivity contribution is 7.14. The number of carbonyl (C=O) groups is 2. The van der Waals surface area contributed by atoms with E-state index in [0.717, 1.165) is 12.2 Å². The minimum absolute atomic E-state index is 0.0370. The lowest BCUT2D eigenvalue weighted by Crippen LogP contribution is -2.30. The van der Waals surface area contributed by atoms with Crippen LogP contribution in [0.1, 0.15) is 54.6 Å². The van der Waals surface area contributed by atoms with Crippen molar-refractivity contribution in [1.29, 1.82) is 0 Å². The van der Waals surface area contributed by atoms with Crippen LogP contribution in [0.5, 0.6) is 0 Å². The van der Waals surface area contributed by atoms with E-state index in [-0.39, 0.29) is 11.5 Å². The number of rotatable bonds is 7. The van der Waals surface area contributed by atoms with Gasteiger partial charge >= 0.3 is 0 Å². The van der Waals surface area contributed by atoms with Crippen molar-refractivity contribution in [1.82, 2.24) is 15.3 Å². The second-order valence-corrected chi connectivity index (χ2v) is 7.68. The van der Waals surface area contributed by atoms with Crippen molar-refractivity contribution in [2.45, 2.75) is 44.9 Å². The van der Waals surface area contributed by atoms with Crippen LogP contribution in [0.25, 0.3) is 0 Å². The molecule has 2 heterocycles. The molecule has 0 radical (unpaired) electrons. The van der Waals surface area contributed by atoms with Gasteiger partial charge in [-0.15, -0.1) is 11.3 Å². The third kappa shape index (κ3) is 5.75. The van der Waals surface area contributed by atoms with E-state index in [1.807, 2.05) is 5.38 Å². The maximum Gasteiger partial charge on any atom is 0.263 e. The summed E-state index contributed by atoms with van der Waals surface area (Å²) in [7, 11) is 0. The molecule has 2 aromatic heterocycles. The molecular formula is C19H24N4O3S. The first-order valence-corrected chi connectivity index (χ1v) is 10.2. The Morgan fingerprint density at radius 3 is 2.85 bits per heavy atom. The van der Waals surface area contributed by atoms with E-state index in [1.165, 1.54) is 55.7 Å². The minimum atomic E-state index is -0.497. The number of amides is 2. The Balaban J connectivity index is 1.43. The fourth-order valence-corrected chi connectivity index (χ4v) is 3.96. The zero-order valence-corrected chi connectivity index (χ0v) is 15.9. The van der Waals surface area contributed by atoms with Crippen LogP contribution in [0, 0.1) is 5.92 Å². The van der Waals surface area contributed by atoms with Crippen LogP contribution < -0.4 is 16.2 Å². The number of hydrogen-bond donors (Lipinski definition) is 3. The van der Waals surface area contributed by atoms with Crippen LogP contribution in [0.3, 0.4) is 0 Å². The Bertz CT molecular complexity index is 839. The SMILES string of the molecule is O=C(CCc1csc(NC(=O)c2ccc[nH]c2=O)n1)NCC1CCCCC1. The number of aromatic amines is 1. The summed E-state index contributed by atoms with van der Waals surface area (Å²) in [5, 5.41) is 7.88. The van der Waals surface area contributed by atoms with Crippen LogP contribution in [-0.2, 0) is 11.2 Å². The normalized spacial score (nSPS) is 14.7. The number of hydrogen-bond acceptors (Lipinski definition) is 5. The molecule has 0 unspecified atom stereocenters. The van der Waals surface area contributed by atoms with Crippen LogP contribution >= 0.6 is 11.3 Å². The van der Waals surface area contributed by atoms with Crippen molar-refractivity contribution in [3.8, 4) is 0 Å². The zero-order valence-electron chi connectivity index (χ0n) is 15.1. The van der Waals surface area contributed by atoms with Crippen molar-refractivity contribution < 1.29 is 9.59 Å². The summed E-state index contributed by atoms with van der Waals surface area (Å²) in [6.45, 7) is 0.767. The third-order valence-corrected chi connectivity index (χ3v) is 5.56. The molecule has 0 saturated heterocycles. The Morgan fingerprint density at radius 1 is 1.26 bits per heavy atom. The monoisotopic (exact) mass is 388 g/mol. The lowest BCUT2D eigenvalue weighted by atomic mass is 9.89. The van der Waals surface area contributed by atoms with Crippen LogP contribution in [0.4, 0.5) is 5.13 Å². The van der Waals surface area contributed by atoms with Gasteiger partial charge in [-0.3, -0.25) is 19.7 Å². The second-order valence-electron chi connectivity index (χ2n) is 6.82. The van der Waals surface area contributed by atoms with Crippen molar-refractivity contribution in [2.24, 2.45) is 5.92 Å². The van der Waals surface area contributed by atoms with Crippen molar-refractivity contribution in [3.05, 3.63) is 45.3 Å². The summed E-state index contributed by atoms with van der Waals surface area (Å²) in [6, 6.07) is 3.05.